The predicted molar refractivity (Wildman–Crippen MR) is 110 cm³/mol. The second-order valence-corrected chi connectivity index (χ2v) is 8.24. The van der Waals surface area contributed by atoms with E-state index in [2.05, 4.69) is 34.2 Å². The first-order valence-corrected chi connectivity index (χ1v) is 10.5. The molecule has 0 radical (unpaired) electrons. The highest BCUT2D eigenvalue weighted by atomic mass is 16.5. The molecule has 0 aliphatic carbocycles. The second kappa shape index (κ2) is 6.99. The summed E-state index contributed by atoms with van der Waals surface area (Å²) in [5, 5.41) is 0. The lowest BCUT2D eigenvalue weighted by Crippen LogP contribution is -2.47. The maximum Gasteiger partial charge on any atom is 0.296 e. The highest BCUT2D eigenvalue weighted by Gasteiger charge is 2.49. The molecule has 5 heteroatoms. The van der Waals surface area contributed by atoms with Crippen molar-refractivity contribution in [2.45, 2.75) is 50.4 Å². The summed E-state index contributed by atoms with van der Waals surface area (Å²) in [5.41, 5.74) is 2.60. The second-order valence-electron chi connectivity index (χ2n) is 8.24. The maximum absolute atomic E-state index is 12.8. The Hall–Kier alpha value is -2.66. The number of nitrogens with zero attached hydrogens (tertiary/aromatic N) is 2. The zero-order valence-corrected chi connectivity index (χ0v) is 16.8. The number of hydrogen-bond acceptors (Lipinski definition) is 4. The number of rotatable bonds is 3. The minimum absolute atomic E-state index is 0.165. The van der Waals surface area contributed by atoms with Crippen molar-refractivity contribution in [1.29, 1.82) is 0 Å². The van der Waals surface area contributed by atoms with Gasteiger partial charge in [-0.1, -0.05) is 61.5 Å². The molecule has 1 spiro atoms. The lowest BCUT2D eigenvalue weighted by atomic mass is 9.84. The molecule has 1 atom stereocenters. The summed E-state index contributed by atoms with van der Waals surface area (Å²) in [6.45, 7) is 4.22. The van der Waals surface area contributed by atoms with Gasteiger partial charge in [-0.2, -0.15) is 4.99 Å². The molecule has 2 aromatic carbocycles. The number of aliphatic imine (C=N–C) groups is 1. The fourth-order valence-electron chi connectivity index (χ4n) is 4.81. The van der Waals surface area contributed by atoms with E-state index in [-0.39, 0.29) is 11.5 Å². The standard InChI is InChI=1S/C24H26N2O3/c1-2-23(16-18-8-4-3-5-9-18)21(27)25-22(29-23)26-14-12-24(13-15-26)20-11-7-6-10-19(20)17-28-24/h3-11H,2,12-17H2,1H3. The van der Waals surface area contributed by atoms with Gasteiger partial charge in [0, 0.05) is 19.5 Å². The Labute approximate surface area is 171 Å². The fraction of sp³-hybridized carbons (Fsp3) is 0.417. The van der Waals surface area contributed by atoms with Crippen molar-refractivity contribution in [3.8, 4) is 0 Å². The highest BCUT2D eigenvalue weighted by Crippen LogP contribution is 2.44. The fourth-order valence-corrected chi connectivity index (χ4v) is 4.81. The molecule has 2 aromatic rings. The van der Waals surface area contributed by atoms with E-state index in [1.807, 2.05) is 37.3 Å². The van der Waals surface area contributed by atoms with Crippen molar-refractivity contribution in [2.24, 2.45) is 4.99 Å². The van der Waals surface area contributed by atoms with Crippen molar-refractivity contribution < 1.29 is 14.3 Å². The lowest BCUT2D eigenvalue weighted by molar-refractivity contribution is -0.131. The van der Waals surface area contributed by atoms with E-state index in [0.29, 0.717) is 25.5 Å². The van der Waals surface area contributed by atoms with E-state index in [0.717, 1.165) is 31.5 Å². The number of likely N-dealkylation sites (tertiary alicyclic amines) is 1. The molecule has 1 amide bonds. The van der Waals surface area contributed by atoms with Gasteiger partial charge in [-0.3, -0.25) is 4.79 Å². The molecule has 3 heterocycles. The Morgan fingerprint density at radius 3 is 2.52 bits per heavy atom. The smallest absolute Gasteiger partial charge is 0.296 e. The van der Waals surface area contributed by atoms with Crippen LogP contribution in [0.15, 0.2) is 59.6 Å². The largest absolute Gasteiger partial charge is 0.448 e. The molecule has 1 saturated heterocycles. The average molecular weight is 390 g/mol. The quantitative estimate of drug-likeness (QED) is 0.800. The third kappa shape index (κ3) is 3.04. The number of amides is 1. The van der Waals surface area contributed by atoms with Gasteiger partial charge in [0.05, 0.1) is 12.2 Å². The number of amidine groups is 1. The van der Waals surface area contributed by atoms with Gasteiger partial charge < -0.3 is 14.4 Å². The first-order chi connectivity index (χ1) is 14.1. The number of fused-ring (bicyclic) bond motifs is 2. The molecule has 0 N–H and O–H groups in total. The number of benzene rings is 2. The summed E-state index contributed by atoms with van der Waals surface area (Å²) < 4.78 is 12.5. The zero-order chi connectivity index (χ0) is 19.9. The predicted octanol–water partition coefficient (Wildman–Crippen LogP) is 3.81. The van der Waals surface area contributed by atoms with Crippen LogP contribution in [0.3, 0.4) is 0 Å². The summed E-state index contributed by atoms with van der Waals surface area (Å²) in [4.78, 5) is 19.3. The Morgan fingerprint density at radius 1 is 1.03 bits per heavy atom. The molecular weight excluding hydrogens is 364 g/mol. The van der Waals surface area contributed by atoms with E-state index in [1.54, 1.807) is 0 Å². The van der Waals surface area contributed by atoms with Crippen LogP contribution >= 0.6 is 0 Å². The Bertz CT molecular complexity index is 948. The zero-order valence-electron chi connectivity index (χ0n) is 16.8. The number of piperidine rings is 1. The Morgan fingerprint density at radius 2 is 1.76 bits per heavy atom. The summed E-state index contributed by atoms with van der Waals surface area (Å²) in [5.74, 6) is -0.165. The topological polar surface area (TPSA) is 51.1 Å². The Kier molecular flexibility index (Phi) is 4.43. The lowest BCUT2D eigenvalue weighted by Gasteiger charge is -2.40. The number of carbonyl (C=O) groups is 1. The molecule has 0 aromatic heterocycles. The van der Waals surface area contributed by atoms with Gasteiger partial charge in [-0.05, 0) is 36.0 Å². The molecule has 5 nitrogen and oxygen atoms in total. The number of ether oxygens (including phenoxy) is 2. The summed E-state index contributed by atoms with van der Waals surface area (Å²) >= 11 is 0. The van der Waals surface area contributed by atoms with E-state index in [4.69, 9.17) is 9.47 Å². The van der Waals surface area contributed by atoms with Crippen LogP contribution in [0.5, 0.6) is 0 Å². The van der Waals surface area contributed by atoms with Crippen LogP contribution in [0, 0.1) is 0 Å². The van der Waals surface area contributed by atoms with Gasteiger partial charge in [-0.15, -0.1) is 0 Å². The van der Waals surface area contributed by atoms with Gasteiger partial charge in [0.15, 0.2) is 5.60 Å². The third-order valence-electron chi connectivity index (χ3n) is 6.63. The Balaban J connectivity index is 1.30. The minimum Gasteiger partial charge on any atom is -0.448 e. The highest BCUT2D eigenvalue weighted by molar-refractivity contribution is 6.01. The first kappa shape index (κ1) is 18.4. The SMILES string of the molecule is CCC1(Cc2ccccc2)OC(N2CCC3(CC2)OCc2ccccc23)=NC1=O. The van der Waals surface area contributed by atoms with E-state index in [1.165, 1.54) is 11.1 Å². The van der Waals surface area contributed by atoms with Crippen LogP contribution < -0.4 is 0 Å². The first-order valence-electron chi connectivity index (χ1n) is 10.5. The molecule has 3 aliphatic heterocycles. The van der Waals surface area contributed by atoms with Crippen LogP contribution in [0.25, 0.3) is 0 Å². The van der Waals surface area contributed by atoms with Crippen molar-refractivity contribution in [3.05, 3.63) is 71.3 Å². The van der Waals surface area contributed by atoms with Gasteiger partial charge in [0.25, 0.3) is 11.9 Å². The van der Waals surface area contributed by atoms with Gasteiger partial charge in [-0.25, -0.2) is 0 Å². The van der Waals surface area contributed by atoms with Crippen molar-refractivity contribution in [1.82, 2.24) is 4.90 Å². The normalized spacial score (nSPS) is 25.1. The van der Waals surface area contributed by atoms with E-state index >= 15 is 0 Å². The third-order valence-corrected chi connectivity index (χ3v) is 6.63. The van der Waals surface area contributed by atoms with Crippen molar-refractivity contribution in [2.75, 3.05) is 13.1 Å². The van der Waals surface area contributed by atoms with Gasteiger partial charge >= 0.3 is 0 Å². The van der Waals surface area contributed by atoms with Gasteiger partial charge in [0.2, 0.25) is 0 Å². The van der Waals surface area contributed by atoms with Crippen molar-refractivity contribution >= 4 is 11.9 Å². The van der Waals surface area contributed by atoms with E-state index in [9.17, 15) is 4.79 Å². The van der Waals surface area contributed by atoms with E-state index < -0.39 is 5.60 Å². The molecular formula is C24H26N2O3. The number of hydrogen-bond donors (Lipinski definition) is 0. The average Bonchev–Trinajstić information content (AvgIpc) is 3.28. The van der Waals surface area contributed by atoms with Crippen LogP contribution in [0.4, 0.5) is 0 Å². The van der Waals surface area contributed by atoms with Crippen LogP contribution in [-0.2, 0) is 32.9 Å². The number of carbonyl (C=O) groups excluding carboxylic acids is 1. The van der Waals surface area contributed by atoms with Crippen LogP contribution in [0.1, 0.15) is 42.9 Å². The molecule has 3 aliphatic rings. The summed E-state index contributed by atoms with van der Waals surface area (Å²) in [7, 11) is 0. The molecule has 5 rings (SSSR count). The summed E-state index contributed by atoms with van der Waals surface area (Å²) in [6.07, 6.45) is 2.89. The maximum atomic E-state index is 12.8. The summed E-state index contributed by atoms with van der Waals surface area (Å²) in [6, 6.07) is 19.0. The minimum atomic E-state index is -0.887. The molecule has 0 bridgehead atoms. The van der Waals surface area contributed by atoms with Gasteiger partial charge in [0.1, 0.15) is 0 Å². The molecule has 1 fully saturated rings. The molecule has 29 heavy (non-hydrogen) atoms. The van der Waals surface area contributed by atoms with Crippen LogP contribution in [-0.4, -0.2) is 35.5 Å². The van der Waals surface area contributed by atoms with Crippen molar-refractivity contribution in [3.63, 3.8) is 0 Å². The monoisotopic (exact) mass is 390 g/mol. The molecule has 150 valence electrons. The molecule has 1 unspecified atom stereocenters. The molecule has 0 saturated carbocycles. The van der Waals surface area contributed by atoms with Crippen LogP contribution in [0.2, 0.25) is 0 Å².